The number of hydrogen-bond donors (Lipinski definition) is 3. The van der Waals surface area contributed by atoms with Gasteiger partial charge >= 0.3 is 12.0 Å². The van der Waals surface area contributed by atoms with E-state index in [1.807, 2.05) is 0 Å². The second-order valence-corrected chi connectivity index (χ2v) is 4.42. The molecule has 0 aromatic rings. The molecule has 7 nitrogen and oxygen atoms in total. The van der Waals surface area contributed by atoms with E-state index in [0.29, 0.717) is 0 Å². The minimum atomic E-state index is -0.595. The molecule has 0 heterocycles. The highest BCUT2D eigenvalue weighted by molar-refractivity contribution is 5.79. The van der Waals surface area contributed by atoms with Crippen molar-refractivity contribution in [2.45, 2.75) is 38.8 Å². The van der Waals surface area contributed by atoms with Crippen LogP contribution in [0.4, 0.5) is 4.79 Å². The Morgan fingerprint density at radius 1 is 1.47 bits per heavy atom. The fourth-order valence-electron chi connectivity index (χ4n) is 0.876. The first-order chi connectivity index (χ1) is 7.74. The zero-order valence-electron chi connectivity index (χ0n) is 10.6. The van der Waals surface area contributed by atoms with Crippen molar-refractivity contribution < 1.29 is 14.3 Å². The smallest absolute Gasteiger partial charge is 0.334 e. The van der Waals surface area contributed by atoms with Crippen LogP contribution in [0.15, 0.2) is 5.10 Å². The first-order valence-electron chi connectivity index (χ1n) is 5.23. The Morgan fingerprint density at radius 3 is 2.53 bits per heavy atom. The van der Waals surface area contributed by atoms with E-state index in [1.54, 1.807) is 20.8 Å². The minimum absolute atomic E-state index is 0.0101. The largest absolute Gasteiger partial charge is 0.460 e. The lowest BCUT2D eigenvalue weighted by atomic mass is 10.2. The maximum absolute atomic E-state index is 11.4. The van der Waals surface area contributed by atoms with Crippen LogP contribution < -0.4 is 16.5 Å². The van der Waals surface area contributed by atoms with Crippen LogP contribution in [0.25, 0.3) is 0 Å². The van der Waals surface area contributed by atoms with Crippen LogP contribution in [0, 0.1) is 0 Å². The van der Waals surface area contributed by atoms with Crippen molar-refractivity contribution in [2.24, 2.45) is 10.8 Å². The molecule has 17 heavy (non-hydrogen) atoms. The summed E-state index contributed by atoms with van der Waals surface area (Å²) in [5, 5.41) is 5.89. The molecule has 7 heteroatoms. The van der Waals surface area contributed by atoms with E-state index in [0.717, 1.165) is 0 Å². The molecule has 0 bridgehead atoms. The molecule has 0 aliphatic rings. The number of amides is 2. The summed E-state index contributed by atoms with van der Waals surface area (Å²) in [6.07, 6.45) is 1.29. The summed E-state index contributed by atoms with van der Waals surface area (Å²) in [6.45, 7) is 5.33. The lowest BCUT2D eigenvalue weighted by Crippen LogP contribution is -2.33. The highest BCUT2D eigenvalue weighted by Gasteiger charge is 2.17. The number of nitrogens with zero attached hydrogens (tertiary/aromatic N) is 1. The molecule has 0 saturated heterocycles. The van der Waals surface area contributed by atoms with E-state index in [9.17, 15) is 9.59 Å². The fourth-order valence-corrected chi connectivity index (χ4v) is 0.876. The van der Waals surface area contributed by atoms with E-state index in [1.165, 1.54) is 13.3 Å². The second-order valence-electron chi connectivity index (χ2n) is 4.42. The van der Waals surface area contributed by atoms with Gasteiger partial charge in [-0.1, -0.05) is 0 Å². The number of carbonyl (C=O) groups excluding carboxylic acids is 2. The molecule has 0 spiro atoms. The third-order valence-corrected chi connectivity index (χ3v) is 1.48. The Kier molecular flexibility index (Phi) is 6.19. The number of hydrogen-bond acceptors (Lipinski definition) is 5. The Morgan fingerprint density at radius 2 is 2.06 bits per heavy atom. The molecule has 0 aromatic heterocycles. The lowest BCUT2D eigenvalue weighted by molar-refractivity contribution is -0.154. The molecule has 0 aliphatic heterocycles. The molecule has 98 valence electrons. The summed E-state index contributed by atoms with van der Waals surface area (Å²) in [5.74, 6) is -0.406. The third-order valence-electron chi connectivity index (χ3n) is 1.48. The van der Waals surface area contributed by atoms with Gasteiger partial charge in [0.15, 0.2) is 0 Å². The Labute approximate surface area is 101 Å². The van der Waals surface area contributed by atoms with Crippen molar-refractivity contribution in [3.63, 3.8) is 0 Å². The zero-order valence-corrected chi connectivity index (χ0v) is 10.6. The van der Waals surface area contributed by atoms with Crippen LogP contribution in [-0.2, 0) is 9.53 Å². The Hall–Kier alpha value is -1.63. The van der Waals surface area contributed by atoms with Gasteiger partial charge in [-0.15, -0.1) is 0 Å². The Bertz CT molecular complexity index is 296. The van der Waals surface area contributed by atoms with Crippen molar-refractivity contribution in [3.8, 4) is 0 Å². The summed E-state index contributed by atoms with van der Waals surface area (Å²) in [4.78, 5) is 22.1. The molecule has 1 atom stereocenters. The zero-order chi connectivity index (χ0) is 13.5. The molecular weight excluding hydrogens is 224 g/mol. The first kappa shape index (κ1) is 15.4. The van der Waals surface area contributed by atoms with Gasteiger partial charge in [0, 0.05) is 13.3 Å². The van der Waals surface area contributed by atoms with Gasteiger partial charge in [0.2, 0.25) is 0 Å². The molecule has 2 amide bonds. The summed E-state index contributed by atoms with van der Waals surface area (Å²) in [7, 11) is 1.46. The van der Waals surface area contributed by atoms with Gasteiger partial charge < -0.3 is 15.8 Å². The quantitative estimate of drug-likeness (QED) is 0.366. The van der Waals surface area contributed by atoms with Crippen molar-refractivity contribution in [1.82, 2.24) is 10.7 Å². The van der Waals surface area contributed by atoms with Gasteiger partial charge in [-0.3, -0.25) is 4.79 Å². The number of rotatable bonds is 4. The van der Waals surface area contributed by atoms with Crippen LogP contribution in [0.1, 0.15) is 27.2 Å². The highest BCUT2D eigenvalue weighted by atomic mass is 16.6. The van der Waals surface area contributed by atoms with Crippen molar-refractivity contribution in [3.05, 3.63) is 0 Å². The third kappa shape index (κ3) is 9.31. The van der Waals surface area contributed by atoms with Crippen LogP contribution >= 0.6 is 0 Å². The molecule has 4 N–H and O–H groups in total. The number of nitrogens with one attached hydrogen (secondary N) is 2. The topological polar surface area (TPSA) is 106 Å². The van der Waals surface area contributed by atoms with Gasteiger partial charge in [0.1, 0.15) is 5.60 Å². The molecule has 0 aliphatic carbocycles. The number of esters is 1. The fraction of sp³-hybridized carbons (Fsp3) is 0.700. The standard InChI is InChI=1S/C10H20N4O3/c1-10(2,3)17-8(15)5-7(11)6-13-14-9(16)12-4/h6-7H,5,11H2,1-4H3,(H2,12,14,16)/b13-6+/t7-/m0/s1. The predicted octanol–water partition coefficient (Wildman–Crippen LogP) is -0.0397. The van der Waals surface area contributed by atoms with E-state index in [4.69, 9.17) is 10.5 Å². The maximum Gasteiger partial charge on any atom is 0.334 e. The van der Waals surface area contributed by atoms with E-state index in [2.05, 4.69) is 15.8 Å². The predicted molar refractivity (Wildman–Crippen MR) is 64.5 cm³/mol. The summed E-state index contributed by atoms with van der Waals surface area (Å²) >= 11 is 0. The summed E-state index contributed by atoms with van der Waals surface area (Å²) in [5.41, 5.74) is 7.24. The van der Waals surface area contributed by atoms with Gasteiger partial charge in [-0.05, 0) is 20.8 Å². The lowest BCUT2D eigenvalue weighted by Gasteiger charge is -2.20. The van der Waals surface area contributed by atoms with Crippen molar-refractivity contribution in [1.29, 1.82) is 0 Å². The van der Waals surface area contributed by atoms with Crippen molar-refractivity contribution >= 4 is 18.2 Å². The molecule has 0 radical (unpaired) electrons. The molecule has 0 fully saturated rings. The molecular formula is C10H20N4O3. The summed E-state index contributed by atoms with van der Waals surface area (Å²) < 4.78 is 5.08. The number of urea groups is 1. The van der Waals surface area contributed by atoms with Crippen molar-refractivity contribution in [2.75, 3.05) is 7.05 Å². The van der Waals surface area contributed by atoms with Crippen LogP contribution in [-0.4, -0.2) is 36.9 Å². The van der Waals surface area contributed by atoms with Crippen LogP contribution in [0.5, 0.6) is 0 Å². The van der Waals surface area contributed by atoms with Crippen LogP contribution in [0.2, 0.25) is 0 Å². The SMILES string of the molecule is CNC(=O)N/N=C/[C@@H](N)CC(=O)OC(C)(C)C. The van der Waals surface area contributed by atoms with Crippen LogP contribution in [0.3, 0.4) is 0 Å². The molecule has 0 rings (SSSR count). The van der Waals surface area contributed by atoms with E-state index >= 15 is 0 Å². The summed E-state index contributed by atoms with van der Waals surface area (Å²) in [6, 6.07) is -1.05. The van der Waals surface area contributed by atoms with Gasteiger partial charge in [0.05, 0.1) is 12.5 Å². The molecule has 0 saturated carbocycles. The van der Waals surface area contributed by atoms with Gasteiger partial charge in [-0.25, -0.2) is 10.2 Å². The number of carbonyl (C=O) groups is 2. The van der Waals surface area contributed by atoms with Gasteiger partial charge in [-0.2, -0.15) is 5.10 Å². The van der Waals surface area contributed by atoms with E-state index in [-0.39, 0.29) is 6.42 Å². The number of hydrazone groups is 1. The molecule has 0 unspecified atom stereocenters. The highest BCUT2D eigenvalue weighted by Crippen LogP contribution is 2.08. The maximum atomic E-state index is 11.4. The number of ether oxygens (including phenoxy) is 1. The monoisotopic (exact) mass is 244 g/mol. The average molecular weight is 244 g/mol. The first-order valence-corrected chi connectivity index (χ1v) is 5.23. The number of nitrogens with two attached hydrogens (primary N) is 1. The average Bonchev–Trinajstić information content (AvgIpc) is 2.13. The Balaban J connectivity index is 3.97. The minimum Gasteiger partial charge on any atom is -0.460 e. The second kappa shape index (κ2) is 6.85. The van der Waals surface area contributed by atoms with Gasteiger partial charge in [0.25, 0.3) is 0 Å². The molecule has 0 aromatic carbocycles. The normalized spacial score (nSPS) is 13.2. The van der Waals surface area contributed by atoms with E-state index < -0.39 is 23.6 Å².